The highest BCUT2D eigenvalue weighted by Gasteiger charge is 2.22. The van der Waals surface area contributed by atoms with Crippen LogP contribution >= 0.6 is 12.4 Å². The summed E-state index contributed by atoms with van der Waals surface area (Å²) in [4.78, 5) is 48.5. The molecule has 0 aliphatic heterocycles. The number of ether oxygens (including phenoxy) is 6. The van der Waals surface area contributed by atoms with E-state index < -0.39 is 48.6 Å². The monoisotopic (exact) mass is 567 g/mol. The molecule has 0 aliphatic carbocycles. The average Bonchev–Trinajstić information content (AvgIpc) is 2.83. The van der Waals surface area contributed by atoms with E-state index in [4.69, 9.17) is 34.2 Å². The molecule has 214 valence electrons. The lowest BCUT2D eigenvalue weighted by Crippen LogP contribution is -2.37. The zero-order valence-electron chi connectivity index (χ0n) is 22.4. The van der Waals surface area contributed by atoms with Crippen LogP contribution in [0.3, 0.4) is 0 Å². The van der Waals surface area contributed by atoms with E-state index in [1.165, 1.54) is 18.2 Å². The summed E-state index contributed by atoms with van der Waals surface area (Å²) in [6.45, 7) is 8.00. The van der Waals surface area contributed by atoms with Crippen molar-refractivity contribution in [1.82, 2.24) is 0 Å². The SMILES string of the molecule is CC(C)OC(=O)Oc1ccc(C[C@H](N)C(=O)O[C@H](C)COC(=O)c2ccccc2)cc1OC(=O)OC(C)C.Cl. The maximum Gasteiger partial charge on any atom is 0.514 e. The van der Waals surface area contributed by atoms with Crippen molar-refractivity contribution < 1.29 is 47.6 Å². The highest BCUT2D eigenvalue weighted by atomic mass is 35.5. The Morgan fingerprint density at radius 2 is 1.33 bits per heavy atom. The summed E-state index contributed by atoms with van der Waals surface area (Å²) in [7, 11) is 0. The summed E-state index contributed by atoms with van der Waals surface area (Å²) in [6.07, 6.45) is -3.61. The van der Waals surface area contributed by atoms with Gasteiger partial charge < -0.3 is 34.2 Å². The average molecular weight is 568 g/mol. The molecule has 2 aromatic carbocycles. The topological polar surface area (TPSA) is 150 Å². The van der Waals surface area contributed by atoms with Gasteiger partial charge in [-0.25, -0.2) is 14.4 Å². The van der Waals surface area contributed by atoms with E-state index >= 15 is 0 Å². The molecule has 2 atom stereocenters. The van der Waals surface area contributed by atoms with E-state index in [1.54, 1.807) is 65.0 Å². The second-order valence-corrected chi connectivity index (χ2v) is 8.84. The Balaban J connectivity index is 0.00000760. The molecule has 0 unspecified atom stereocenters. The number of halogens is 1. The molecule has 0 aromatic heterocycles. The van der Waals surface area contributed by atoms with Crippen molar-refractivity contribution in [3.05, 3.63) is 59.7 Å². The minimum absolute atomic E-state index is 0. The van der Waals surface area contributed by atoms with Crippen LogP contribution in [0.25, 0.3) is 0 Å². The van der Waals surface area contributed by atoms with Crippen molar-refractivity contribution in [2.24, 2.45) is 5.73 Å². The molecule has 11 nitrogen and oxygen atoms in total. The summed E-state index contributed by atoms with van der Waals surface area (Å²) in [5, 5.41) is 0. The molecule has 0 aliphatic rings. The zero-order chi connectivity index (χ0) is 28.2. The number of hydrogen-bond acceptors (Lipinski definition) is 11. The summed E-state index contributed by atoms with van der Waals surface area (Å²) in [5.74, 6) is -1.49. The molecule has 0 fully saturated rings. The molecule has 0 bridgehead atoms. The van der Waals surface area contributed by atoms with Gasteiger partial charge >= 0.3 is 24.2 Å². The Kier molecular flexibility index (Phi) is 13.8. The maximum atomic E-state index is 12.5. The number of carbonyl (C=O) groups excluding carboxylic acids is 4. The van der Waals surface area contributed by atoms with Crippen molar-refractivity contribution in [1.29, 1.82) is 0 Å². The molecule has 0 amide bonds. The molecule has 0 heterocycles. The van der Waals surface area contributed by atoms with E-state index in [0.29, 0.717) is 11.1 Å². The van der Waals surface area contributed by atoms with Gasteiger partial charge in [0.05, 0.1) is 17.8 Å². The minimum Gasteiger partial charge on any atom is -0.458 e. The van der Waals surface area contributed by atoms with Gasteiger partial charge in [0.25, 0.3) is 0 Å². The first-order chi connectivity index (χ1) is 17.9. The third-order valence-electron chi connectivity index (χ3n) is 4.59. The lowest BCUT2D eigenvalue weighted by Gasteiger charge is -2.18. The second kappa shape index (κ2) is 16.2. The first-order valence-electron chi connectivity index (χ1n) is 12.0. The Morgan fingerprint density at radius 3 is 1.90 bits per heavy atom. The van der Waals surface area contributed by atoms with E-state index in [-0.39, 0.29) is 36.9 Å². The Labute approximate surface area is 233 Å². The highest BCUT2D eigenvalue weighted by molar-refractivity contribution is 5.89. The molecular weight excluding hydrogens is 534 g/mol. The van der Waals surface area contributed by atoms with Crippen molar-refractivity contribution in [2.45, 2.75) is 65.4 Å². The molecule has 0 saturated heterocycles. The zero-order valence-corrected chi connectivity index (χ0v) is 23.2. The summed E-state index contributed by atoms with van der Waals surface area (Å²) in [5.41, 5.74) is 6.87. The molecule has 12 heteroatoms. The minimum atomic E-state index is -1.09. The van der Waals surface area contributed by atoms with E-state index in [2.05, 4.69) is 0 Å². The predicted molar refractivity (Wildman–Crippen MR) is 142 cm³/mol. The quantitative estimate of drug-likeness (QED) is 0.230. The standard InChI is InChI=1S/C27H33NO10.ClH/c1-16(2)34-26(31)37-22-12-11-19(14-23(22)38-27(32)35-17(3)4)13-21(28)25(30)36-18(5)15-33-24(29)20-9-7-6-8-10-20;/h6-12,14,16-18,21H,13,15,28H2,1-5H3;1H/t18-,21+;/m1./s1. The van der Waals surface area contributed by atoms with Crippen LogP contribution in [0.5, 0.6) is 11.5 Å². The van der Waals surface area contributed by atoms with Gasteiger partial charge in [0, 0.05) is 0 Å². The second-order valence-electron chi connectivity index (χ2n) is 8.84. The Bertz CT molecular complexity index is 1110. The number of benzene rings is 2. The normalized spacial score (nSPS) is 12.0. The molecule has 2 rings (SSSR count). The molecule has 0 spiro atoms. The van der Waals surface area contributed by atoms with Crippen LogP contribution in [0.2, 0.25) is 0 Å². The number of rotatable bonds is 11. The third kappa shape index (κ3) is 12.1. The predicted octanol–water partition coefficient (Wildman–Crippen LogP) is 4.61. The molecule has 0 radical (unpaired) electrons. The van der Waals surface area contributed by atoms with Crippen LogP contribution in [-0.2, 0) is 30.2 Å². The highest BCUT2D eigenvalue weighted by Crippen LogP contribution is 2.30. The van der Waals surface area contributed by atoms with Crippen molar-refractivity contribution in [2.75, 3.05) is 6.61 Å². The number of carbonyl (C=O) groups is 4. The van der Waals surface area contributed by atoms with Gasteiger partial charge in [-0.1, -0.05) is 24.3 Å². The fraction of sp³-hybridized carbons (Fsp3) is 0.407. The van der Waals surface area contributed by atoms with Gasteiger partial charge in [0.15, 0.2) is 11.5 Å². The van der Waals surface area contributed by atoms with Crippen LogP contribution in [0.15, 0.2) is 48.5 Å². The number of esters is 2. The van der Waals surface area contributed by atoms with E-state index in [9.17, 15) is 19.2 Å². The Morgan fingerprint density at radius 1 is 0.769 bits per heavy atom. The summed E-state index contributed by atoms with van der Waals surface area (Å²) in [6, 6.07) is 11.6. The first-order valence-corrected chi connectivity index (χ1v) is 12.0. The van der Waals surface area contributed by atoms with Gasteiger partial charge in [-0.3, -0.25) is 4.79 Å². The van der Waals surface area contributed by atoms with Crippen LogP contribution in [-0.4, -0.2) is 55.2 Å². The lowest BCUT2D eigenvalue weighted by atomic mass is 10.1. The molecule has 0 saturated carbocycles. The molecule has 2 N–H and O–H groups in total. The van der Waals surface area contributed by atoms with E-state index in [1.807, 2.05) is 0 Å². The maximum absolute atomic E-state index is 12.5. The number of nitrogens with two attached hydrogens (primary N) is 1. The molecule has 39 heavy (non-hydrogen) atoms. The smallest absolute Gasteiger partial charge is 0.458 e. The fourth-order valence-corrected chi connectivity index (χ4v) is 2.96. The molecule has 2 aromatic rings. The Hall–Kier alpha value is -3.83. The summed E-state index contributed by atoms with van der Waals surface area (Å²) >= 11 is 0. The molecular formula is C27H34ClNO10. The van der Waals surface area contributed by atoms with Crippen LogP contribution in [0.1, 0.15) is 50.5 Å². The van der Waals surface area contributed by atoms with Crippen molar-refractivity contribution >= 4 is 36.7 Å². The first kappa shape index (κ1) is 33.2. The van der Waals surface area contributed by atoms with Crippen molar-refractivity contribution in [3.63, 3.8) is 0 Å². The lowest BCUT2D eigenvalue weighted by molar-refractivity contribution is -0.151. The van der Waals surface area contributed by atoms with Crippen molar-refractivity contribution in [3.8, 4) is 11.5 Å². The van der Waals surface area contributed by atoms with Gasteiger partial charge in [0.1, 0.15) is 18.8 Å². The van der Waals surface area contributed by atoms with Gasteiger partial charge in [-0.05, 0) is 70.9 Å². The summed E-state index contributed by atoms with van der Waals surface area (Å²) < 4.78 is 30.7. The van der Waals surface area contributed by atoms with Crippen LogP contribution in [0, 0.1) is 0 Å². The van der Waals surface area contributed by atoms with Gasteiger partial charge in [-0.15, -0.1) is 12.4 Å². The van der Waals surface area contributed by atoms with E-state index in [0.717, 1.165) is 0 Å². The van der Waals surface area contributed by atoms with Crippen LogP contribution < -0.4 is 15.2 Å². The van der Waals surface area contributed by atoms with Gasteiger partial charge in [-0.2, -0.15) is 0 Å². The van der Waals surface area contributed by atoms with Gasteiger partial charge in [0.2, 0.25) is 0 Å². The number of hydrogen-bond donors (Lipinski definition) is 1. The van der Waals surface area contributed by atoms with Crippen LogP contribution in [0.4, 0.5) is 9.59 Å². The largest absolute Gasteiger partial charge is 0.514 e. The fourth-order valence-electron chi connectivity index (χ4n) is 2.96. The third-order valence-corrected chi connectivity index (χ3v) is 4.59.